The number of amides is 1. The fraction of sp³-hybridized carbons (Fsp3) is 0.556. The fourth-order valence-electron chi connectivity index (χ4n) is 3.03. The maximum absolute atomic E-state index is 12.4. The third-order valence-electron chi connectivity index (χ3n) is 4.66. The van der Waals surface area contributed by atoms with Crippen molar-refractivity contribution in [1.82, 2.24) is 9.88 Å². The van der Waals surface area contributed by atoms with E-state index in [1.165, 1.54) is 34.6 Å². The molecule has 1 saturated heterocycles. The summed E-state index contributed by atoms with van der Waals surface area (Å²) in [4.78, 5) is 21.4. The van der Waals surface area contributed by atoms with Crippen LogP contribution in [0.1, 0.15) is 52.5 Å². The van der Waals surface area contributed by atoms with E-state index >= 15 is 0 Å². The van der Waals surface area contributed by atoms with Crippen LogP contribution in [0.3, 0.4) is 0 Å². The molecule has 0 aliphatic carbocycles. The second kappa shape index (κ2) is 7.76. The van der Waals surface area contributed by atoms with Crippen molar-refractivity contribution in [1.29, 1.82) is 0 Å². The Morgan fingerprint density at radius 2 is 2.17 bits per heavy atom. The number of nitrogens with zero attached hydrogens (tertiary/aromatic N) is 2. The minimum atomic E-state index is -0.0458. The van der Waals surface area contributed by atoms with Crippen molar-refractivity contribution >= 4 is 33.7 Å². The molecule has 0 aromatic carbocycles. The summed E-state index contributed by atoms with van der Waals surface area (Å²) in [6, 6.07) is 2.00. The molecule has 3 heterocycles. The maximum atomic E-state index is 12.4. The molecular weight excluding hydrogens is 338 g/mol. The van der Waals surface area contributed by atoms with Gasteiger partial charge in [0.05, 0.1) is 10.6 Å². The third kappa shape index (κ3) is 4.23. The van der Waals surface area contributed by atoms with Crippen LogP contribution in [0, 0.1) is 12.8 Å². The van der Waals surface area contributed by atoms with Gasteiger partial charge in [-0.1, -0.05) is 13.8 Å². The summed E-state index contributed by atoms with van der Waals surface area (Å²) in [5.74, 6) is 0.796. The Kier molecular flexibility index (Phi) is 5.69. The normalized spacial score (nSPS) is 16.5. The molecular formula is C18H25N3OS2. The summed E-state index contributed by atoms with van der Waals surface area (Å²) in [5, 5.41) is 5.71. The Labute approximate surface area is 151 Å². The number of piperidine rings is 1. The van der Waals surface area contributed by atoms with Gasteiger partial charge in [0.15, 0.2) is 5.13 Å². The average molecular weight is 364 g/mol. The van der Waals surface area contributed by atoms with E-state index in [9.17, 15) is 4.79 Å². The highest BCUT2D eigenvalue weighted by Crippen LogP contribution is 2.25. The van der Waals surface area contributed by atoms with Crippen molar-refractivity contribution < 1.29 is 4.79 Å². The van der Waals surface area contributed by atoms with Crippen LogP contribution in [0.5, 0.6) is 0 Å². The number of thiophene rings is 1. The number of aryl methyl sites for hydroxylation is 2. The number of anilines is 1. The summed E-state index contributed by atoms with van der Waals surface area (Å²) < 4.78 is 0. The first-order valence-electron chi connectivity index (χ1n) is 8.62. The van der Waals surface area contributed by atoms with Crippen LogP contribution in [0.25, 0.3) is 0 Å². The molecule has 0 unspecified atom stereocenters. The van der Waals surface area contributed by atoms with Gasteiger partial charge in [-0.15, -0.1) is 22.7 Å². The van der Waals surface area contributed by atoms with Crippen molar-refractivity contribution in [3.63, 3.8) is 0 Å². The molecule has 0 spiro atoms. The van der Waals surface area contributed by atoms with Crippen LogP contribution >= 0.6 is 22.7 Å². The van der Waals surface area contributed by atoms with Crippen molar-refractivity contribution in [3.8, 4) is 0 Å². The van der Waals surface area contributed by atoms with Crippen molar-refractivity contribution in [2.75, 3.05) is 18.4 Å². The van der Waals surface area contributed by atoms with Crippen molar-refractivity contribution in [3.05, 3.63) is 32.5 Å². The Morgan fingerprint density at radius 1 is 1.42 bits per heavy atom. The quantitative estimate of drug-likeness (QED) is 0.847. The van der Waals surface area contributed by atoms with E-state index in [0.29, 0.717) is 5.13 Å². The average Bonchev–Trinajstić information content (AvgIpc) is 3.16. The fourth-order valence-corrected chi connectivity index (χ4v) is 4.73. The number of carbonyl (C=O) groups is 1. The molecule has 1 aliphatic heterocycles. The van der Waals surface area contributed by atoms with Gasteiger partial charge in [0.25, 0.3) is 5.91 Å². The third-order valence-corrected chi connectivity index (χ3v) is 6.56. The number of rotatable bonds is 5. The number of nitrogens with one attached hydrogen (secondary N) is 1. The first-order valence-corrected chi connectivity index (χ1v) is 10.3. The van der Waals surface area contributed by atoms with Crippen LogP contribution < -0.4 is 5.32 Å². The van der Waals surface area contributed by atoms with Gasteiger partial charge < -0.3 is 0 Å². The smallest absolute Gasteiger partial charge is 0.267 e. The molecule has 3 rings (SSSR count). The second-order valence-corrected chi connectivity index (χ2v) is 8.72. The molecule has 1 fully saturated rings. The Bertz CT molecular complexity index is 699. The summed E-state index contributed by atoms with van der Waals surface area (Å²) in [7, 11) is 0. The molecule has 4 nitrogen and oxygen atoms in total. The Morgan fingerprint density at radius 3 is 2.83 bits per heavy atom. The molecule has 1 N–H and O–H groups in total. The maximum Gasteiger partial charge on any atom is 0.267 e. The molecule has 2 aromatic rings. The highest BCUT2D eigenvalue weighted by Gasteiger charge is 2.18. The minimum absolute atomic E-state index is 0.0458. The van der Waals surface area contributed by atoms with Crippen molar-refractivity contribution in [2.45, 2.75) is 46.6 Å². The van der Waals surface area contributed by atoms with Crippen LogP contribution in [0.4, 0.5) is 5.13 Å². The number of carbonyl (C=O) groups excluding carboxylic acids is 1. The molecule has 0 atom stereocenters. The monoisotopic (exact) mass is 363 g/mol. The highest BCUT2D eigenvalue weighted by atomic mass is 32.1. The summed E-state index contributed by atoms with van der Waals surface area (Å²) >= 11 is 3.07. The largest absolute Gasteiger partial charge is 0.297 e. The molecule has 0 radical (unpaired) electrons. The molecule has 6 heteroatoms. The van der Waals surface area contributed by atoms with Gasteiger partial charge >= 0.3 is 0 Å². The topological polar surface area (TPSA) is 45.2 Å². The first-order chi connectivity index (χ1) is 11.5. The summed E-state index contributed by atoms with van der Waals surface area (Å²) in [6.07, 6.45) is 3.50. The van der Waals surface area contributed by atoms with E-state index in [1.54, 1.807) is 11.3 Å². The zero-order valence-electron chi connectivity index (χ0n) is 14.6. The van der Waals surface area contributed by atoms with Crippen LogP contribution in [-0.2, 0) is 13.0 Å². The van der Waals surface area contributed by atoms with Gasteiger partial charge in [-0.25, -0.2) is 4.98 Å². The van der Waals surface area contributed by atoms with Crippen molar-refractivity contribution in [2.24, 2.45) is 5.92 Å². The van der Waals surface area contributed by atoms with Gasteiger partial charge in [-0.3, -0.25) is 15.0 Å². The zero-order chi connectivity index (χ0) is 17.1. The summed E-state index contributed by atoms with van der Waals surface area (Å²) in [5.41, 5.74) is 2.31. The van der Waals surface area contributed by atoms with E-state index in [-0.39, 0.29) is 5.91 Å². The second-order valence-electron chi connectivity index (χ2n) is 6.60. The Hall–Kier alpha value is -1.24. The molecule has 24 heavy (non-hydrogen) atoms. The van der Waals surface area contributed by atoms with E-state index in [4.69, 9.17) is 0 Å². The van der Waals surface area contributed by atoms with Gasteiger partial charge in [-0.05, 0) is 56.8 Å². The number of thiazole rings is 1. The standard InChI is InChI=1S/C18H25N3OS2/c1-4-14-9-16(24-13(14)3)17(22)20-18-19-15(11-23-18)10-21-7-5-12(2)6-8-21/h9,11-12H,4-8,10H2,1-3H3,(H,19,20,22). The number of aromatic nitrogens is 1. The van der Waals surface area contributed by atoms with Crippen LogP contribution in [-0.4, -0.2) is 28.9 Å². The SMILES string of the molecule is CCc1cc(C(=O)Nc2nc(CN3CCC(C)CC3)cs2)sc1C. The lowest BCUT2D eigenvalue weighted by atomic mass is 9.99. The molecule has 1 aliphatic rings. The Balaban J connectivity index is 1.58. The molecule has 1 amide bonds. The van der Waals surface area contributed by atoms with Gasteiger partial charge in [-0.2, -0.15) is 0 Å². The number of hydrogen-bond acceptors (Lipinski definition) is 5. The van der Waals surface area contributed by atoms with E-state index in [2.05, 4.69) is 41.4 Å². The molecule has 0 saturated carbocycles. The van der Waals surface area contributed by atoms with Gasteiger partial charge in [0.1, 0.15) is 0 Å². The predicted molar refractivity (Wildman–Crippen MR) is 102 cm³/mol. The van der Waals surface area contributed by atoms with Gasteiger partial charge in [0, 0.05) is 16.8 Å². The zero-order valence-corrected chi connectivity index (χ0v) is 16.2. The first kappa shape index (κ1) is 17.6. The highest BCUT2D eigenvalue weighted by molar-refractivity contribution is 7.15. The summed E-state index contributed by atoms with van der Waals surface area (Å²) in [6.45, 7) is 9.69. The molecule has 2 aromatic heterocycles. The lowest BCUT2D eigenvalue weighted by Crippen LogP contribution is -2.32. The van der Waals surface area contributed by atoms with Crippen LogP contribution in [0.2, 0.25) is 0 Å². The molecule has 0 bridgehead atoms. The number of likely N-dealkylation sites (tertiary alicyclic amines) is 1. The predicted octanol–water partition coefficient (Wildman–Crippen LogP) is 4.56. The van der Waals surface area contributed by atoms with Crippen LogP contribution in [0.15, 0.2) is 11.4 Å². The lowest BCUT2D eigenvalue weighted by molar-refractivity contribution is 0.103. The van der Waals surface area contributed by atoms with Gasteiger partial charge in [0.2, 0.25) is 0 Å². The van der Waals surface area contributed by atoms with E-state index in [1.807, 2.05) is 6.07 Å². The van der Waals surface area contributed by atoms with E-state index in [0.717, 1.165) is 42.5 Å². The number of hydrogen-bond donors (Lipinski definition) is 1. The van der Waals surface area contributed by atoms with E-state index < -0.39 is 0 Å². The lowest BCUT2D eigenvalue weighted by Gasteiger charge is -2.29. The molecule has 130 valence electrons. The minimum Gasteiger partial charge on any atom is -0.297 e.